The molecule has 3 atom stereocenters. The highest BCUT2D eigenvalue weighted by Gasteiger charge is 2.35. The van der Waals surface area contributed by atoms with Gasteiger partial charge in [-0.3, -0.25) is 0 Å². The summed E-state index contributed by atoms with van der Waals surface area (Å²) in [4.78, 5) is 0. The molecule has 0 spiro atoms. The SMILES string of the molecule is C=CCCCCCCC1CC(NCC)C1C. The van der Waals surface area contributed by atoms with Crippen molar-refractivity contribution >= 4 is 0 Å². The topological polar surface area (TPSA) is 12.0 Å². The zero-order chi connectivity index (χ0) is 11.8. The van der Waals surface area contributed by atoms with E-state index in [1.165, 1.54) is 44.9 Å². The molecular formula is C15H29N. The summed E-state index contributed by atoms with van der Waals surface area (Å²) in [7, 11) is 0. The smallest absolute Gasteiger partial charge is 0.00979 e. The molecule has 0 aromatic rings. The van der Waals surface area contributed by atoms with E-state index in [0.29, 0.717) is 0 Å². The summed E-state index contributed by atoms with van der Waals surface area (Å²) in [6.07, 6.45) is 11.7. The van der Waals surface area contributed by atoms with Gasteiger partial charge >= 0.3 is 0 Å². The van der Waals surface area contributed by atoms with E-state index in [9.17, 15) is 0 Å². The van der Waals surface area contributed by atoms with E-state index < -0.39 is 0 Å². The van der Waals surface area contributed by atoms with E-state index in [2.05, 4.69) is 25.7 Å². The lowest BCUT2D eigenvalue weighted by molar-refractivity contribution is 0.112. The van der Waals surface area contributed by atoms with E-state index in [-0.39, 0.29) is 0 Å². The molecule has 1 heteroatoms. The summed E-state index contributed by atoms with van der Waals surface area (Å²) < 4.78 is 0. The van der Waals surface area contributed by atoms with Gasteiger partial charge in [0.05, 0.1) is 0 Å². The fraction of sp³-hybridized carbons (Fsp3) is 0.867. The molecule has 3 unspecified atom stereocenters. The molecule has 16 heavy (non-hydrogen) atoms. The molecule has 1 nitrogen and oxygen atoms in total. The second kappa shape index (κ2) is 7.89. The van der Waals surface area contributed by atoms with Crippen LogP contribution in [0.25, 0.3) is 0 Å². The van der Waals surface area contributed by atoms with Crippen molar-refractivity contribution in [3.05, 3.63) is 12.7 Å². The van der Waals surface area contributed by atoms with Gasteiger partial charge in [-0.25, -0.2) is 0 Å². The molecule has 0 aliphatic heterocycles. The Bertz CT molecular complexity index is 188. The highest BCUT2D eigenvalue weighted by atomic mass is 14.9. The summed E-state index contributed by atoms with van der Waals surface area (Å²) in [6.45, 7) is 9.51. The first kappa shape index (κ1) is 13.8. The monoisotopic (exact) mass is 223 g/mol. The maximum absolute atomic E-state index is 3.76. The van der Waals surface area contributed by atoms with Crippen LogP contribution in [0.2, 0.25) is 0 Å². The largest absolute Gasteiger partial charge is 0.314 e. The van der Waals surface area contributed by atoms with E-state index >= 15 is 0 Å². The van der Waals surface area contributed by atoms with Crippen LogP contribution in [0.5, 0.6) is 0 Å². The Hall–Kier alpha value is -0.300. The van der Waals surface area contributed by atoms with Crippen molar-refractivity contribution < 1.29 is 0 Å². The number of unbranched alkanes of at least 4 members (excludes halogenated alkanes) is 4. The van der Waals surface area contributed by atoms with Crippen molar-refractivity contribution in [2.75, 3.05) is 6.54 Å². The minimum absolute atomic E-state index is 0.816. The minimum Gasteiger partial charge on any atom is -0.314 e. The minimum atomic E-state index is 0.816. The molecule has 1 aliphatic carbocycles. The van der Waals surface area contributed by atoms with Gasteiger partial charge in [0.15, 0.2) is 0 Å². The van der Waals surface area contributed by atoms with Crippen LogP contribution < -0.4 is 5.32 Å². The van der Waals surface area contributed by atoms with Crippen LogP contribution in [0.3, 0.4) is 0 Å². The molecule has 94 valence electrons. The first-order valence-corrected chi connectivity index (χ1v) is 7.13. The van der Waals surface area contributed by atoms with Crippen LogP contribution in [-0.2, 0) is 0 Å². The summed E-state index contributed by atoms with van der Waals surface area (Å²) in [5, 5.41) is 3.57. The predicted molar refractivity (Wildman–Crippen MR) is 72.6 cm³/mol. The van der Waals surface area contributed by atoms with Crippen LogP contribution in [-0.4, -0.2) is 12.6 Å². The van der Waals surface area contributed by atoms with Gasteiger partial charge in [-0.05, 0) is 37.6 Å². The average molecular weight is 223 g/mol. The Balaban J connectivity index is 1.93. The number of hydrogen-bond acceptors (Lipinski definition) is 1. The summed E-state index contributed by atoms with van der Waals surface area (Å²) >= 11 is 0. The molecule has 1 saturated carbocycles. The average Bonchev–Trinajstić information content (AvgIpc) is 2.30. The Kier molecular flexibility index (Phi) is 6.79. The van der Waals surface area contributed by atoms with Crippen molar-refractivity contribution in [3.8, 4) is 0 Å². The zero-order valence-electron chi connectivity index (χ0n) is 11.2. The zero-order valence-corrected chi connectivity index (χ0v) is 11.2. The number of rotatable bonds is 9. The Morgan fingerprint density at radius 1 is 1.25 bits per heavy atom. The van der Waals surface area contributed by atoms with Gasteiger partial charge in [-0.1, -0.05) is 45.6 Å². The van der Waals surface area contributed by atoms with Gasteiger partial charge in [0.1, 0.15) is 0 Å². The third kappa shape index (κ3) is 4.29. The lowest BCUT2D eigenvalue weighted by Crippen LogP contribution is -2.48. The molecule has 1 aliphatic rings. The molecular weight excluding hydrogens is 194 g/mol. The maximum Gasteiger partial charge on any atom is 0.00979 e. The highest BCUT2D eigenvalue weighted by molar-refractivity contribution is 4.91. The fourth-order valence-electron chi connectivity index (χ4n) is 2.85. The third-order valence-corrected chi connectivity index (χ3v) is 4.13. The van der Waals surface area contributed by atoms with Gasteiger partial charge in [0.2, 0.25) is 0 Å². The number of allylic oxidation sites excluding steroid dienone is 1. The molecule has 1 N–H and O–H groups in total. The van der Waals surface area contributed by atoms with Gasteiger partial charge in [-0.2, -0.15) is 0 Å². The summed E-state index contributed by atoms with van der Waals surface area (Å²) in [5.41, 5.74) is 0. The van der Waals surface area contributed by atoms with Gasteiger partial charge in [0.25, 0.3) is 0 Å². The molecule has 0 radical (unpaired) electrons. The quantitative estimate of drug-likeness (QED) is 0.457. The molecule has 0 saturated heterocycles. The molecule has 0 bridgehead atoms. The van der Waals surface area contributed by atoms with E-state index in [1.54, 1.807) is 0 Å². The third-order valence-electron chi connectivity index (χ3n) is 4.13. The lowest BCUT2D eigenvalue weighted by Gasteiger charge is -2.43. The standard InChI is InChI=1S/C15H29N/c1-4-6-7-8-9-10-11-14-12-15(13(14)3)16-5-2/h4,13-16H,1,5-12H2,2-3H3. The van der Waals surface area contributed by atoms with E-state index in [4.69, 9.17) is 0 Å². The molecule has 0 aromatic carbocycles. The van der Waals surface area contributed by atoms with Gasteiger partial charge < -0.3 is 5.32 Å². The highest BCUT2D eigenvalue weighted by Crippen LogP contribution is 2.37. The van der Waals surface area contributed by atoms with Gasteiger partial charge in [0, 0.05) is 6.04 Å². The van der Waals surface area contributed by atoms with Crippen molar-refractivity contribution in [2.45, 2.75) is 64.8 Å². The first-order chi connectivity index (χ1) is 7.79. The lowest BCUT2D eigenvalue weighted by atomic mass is 9.68. The second-order valence-electron chi connectivity index (χ2n) is 5.30. The van der Waals surface area contributed by atoms with E-state index in [1.807, 2.05) is 6.08 Å². The van der Waals surface area contributed by atoms with Crippen LogP contribution >= 0.6 is 0 Å². The second-order valence-corrected chi connectivity index (χ2v) is 5.30. The van der Waals surface area contributed by atoms with Crippen molar-refractivity contribution in [1.82, 2.24) is 5.32 Å². The molecule has 1 rings (SSSR count). The van der Waals surface area contributed by atoms with E-state index in [0.717, 1.165) is 24.4 Å². The Labute approximate surface area is 102 Å². The number of hydrogen-bond donors (Lipinski definition) is 1. The maximum atomic E-state index is 3.76. The normalized spacial score (nSPS) is 28.8. The van der Waals surface area contributed by atoms with Crippen molar-refractivity contribution in [2.24, 2.45) is 11.8 Å². The Morgan fingerprint density at radius 3 is 2.62 bits per heavy atom. The summed E-state index contributed by atoms with van der Waals surface area (Å²) in [6, 6.07) is 0.816. The molecule has 1 fully saturated rings. The first-order valence-electron chi connectivity index (χ1n) is 7.13. The molecule has 0 amide bonds. The fourth-order valence-corrected chi connectivity index (χ4v) is 2.85. The number of nitrogens with one attached hydrogen (secondary N) is 1. The summed E-state index contributed by atoms with van der Waals surface area (Å²) in [5.74, 6) is 1.91. The molecule has 0 heterocycles. The van der Waals surface area contributed by atoms with Crippen molar-refractivity contribution in [1.29, 1.82) is 0 Å². The van der Waals surface area contributed by atoms with Crippen molar-refractivity contribution in [3.63, 3.8) is 0 Å². The Morgan fingerprint density at radius 2 is 2.00 bits per heavy atom. The van der Waals surface area contributed by atoms with Crippen LogP contribution in [0.4, 0.5) is 0 Å². The van der Waals surface area contributed by atoms with Crippen LogP contribution in [0.15, 0.2) is 12.7 Å². The molecule has 0 aromatic heterocycles. The van der Waals surface area contributed by atoms with Crippen LogP contribution in [0.1, 0.15) is 58.8 Å². The van der Waals surface area contributed by atoms with Crippen LogP contribution in [0, 0.1) is 11.8 Å². The predicted octanol–water partition coefficient (Wildman–Crippen LogP) is 4.15. The van der Waals surface area contributed by atoms with Gasteiger partial charge in [-0.15, -0.1) is 6.58 Å².